The van der Waals surface area contributed by atoms with Crippen molar-refractivity contribution in [2.75, 3.05) is 0 Å². The maximum absolute atomic E-state index is 8.89. The molecule has 0 unspecified atom stereocenters. The van der Waals surface area contributed by atoms with Crippen LogP contribution in [0.5, 0.6) is 0 Å². The van der Waals surface area contributed by atoms with E-state index in [0.717, 1.165) is 34.6 Å². The fraction of sp³-hybridized carbons (Fsp3) is 0.500. The number of rotatable bonds is 0. The van der Waals surface area contributed by atoms with Gasteiger partial charge in [-0.15, -0.1) is 0 Å². The van der Waals surface area contributed by atoms with Crippen LogP contribution in [0.1, 0.15) is 34.6 Å². The Hall–Kier alpha value is -0.0656. The van der Waals surface area contributed by atoms with Crippen molar-refractivity contribution < 1.29 is 82.2 Å². The van der Waals surface area contributed by atoms with E-state index in [4.69, 9.17) is 49.5 Å². The first-order valence-corrected chi connectivity index (χ1v) is 4.54. The summed E-state index contributed by atoms with van der Waals surface area (Å²) in [5.41, 5.74) is 0. The third kappa shape index (κ3) is 1660000. The first-order valence-electron chi connectivity index (χ1n) is 4.54. The number of hydrogen-bond donors (Lipinski definition) is 0. The summed E-state index contributed by atoms with van der Waals surface area (Å²) in [6.07, 6.45) is 0. The molecule has 120 valence electrons. The van der Waals surface area contributed by atoms with E-state index in [-0.39, 0.29) is 78.2 Å². The van der Waals surface area contributed by atoms with Crippen LogP contribution in [0.15, 0.2) is 0 Å². The standard InChI is InChI=1S/5C2H4O2.Sr.Y/c5*1-2(3)4;;/h5*1H3,(H,3,4);;/q;;;;;+2;+3/p-5. The zero-order valence-corrected chi connectivity index (χ0v) is 19.2. The van der Waals surface area contributed by atoms with Gasteiger partial charge in [-0.3, -0.25) is 0 Å². The smallest absolute Gasteiger partial charge is 0.550 e. The van der Waals surface area contributed by atoms with Crippen LogP contribution >= 0.6 is 0 Å². The van der Waals surface area contributed by atoms with E-state index < -0.39 is 29.8 Å². The van der Waals surface area contributed by atoms with Crippen LogP contribution in [-0.4, -0.2) is 75.3 Å². The molecule has 0 aliphatic carbocycles. The Morgan fingerprint density at radius 3 is 0.455 bits per heavy atom. The van der Waals surface area contributed by atoms with Gasteiger partial charge >= 0.3 is 78.2 Å². The first-order chi connectivity index (χ1) is 8.66. The number of carbonyl (C=O) groups is 5. The molecule has 22 heavy (non-hydrogen) atoms. The Labute approximate surface area is 190 Å². The molecule has 0 saturated carbocycles. The minimum atomic E-state index is -1.08. The molecule has 0 bridgehead atoms. The largest absolute Gasteiger partial charge is 3.00 e. The fourth-order valence-electron chi connectivity index (χ4n) is 0. The molecule has 0 fully saturated rings. The average Bonchev–Trinajstić information content (AvgIpc) is 1.94. The molecular formula is C10H15O10SrY. The van der Waals surface area contributed by atoms with Gasteiger partial charge in [0.05, 0.1) is 0 Å². The van der Waals surface area contributed by atoms with Crippen LogP contribution in [0.4, 0.5) is 0 Å². The van der Waals surface area contributed by atoms with Crippen molar-refractivity contribution in [1.29, 1.82) is 0 Å². The molecule has 0 spiro atoms. The maximum Gasteiger partial charge on any atom is 3.00 e. The number of hydrogen-bond acceptors (Lipinski definition) is 10. The second-order valence-electron chi connectivity index (χ2n) is 2.46. The van der Waals surface area contributed by atoms with E-state index >= 15 is 0 Å². The summed E-state index contributed by atoms with van der Waals surface area (Å²) in [7, 11) is 0. The molecule has 0 atom stereocenters. The van der Waals surface area contributed by atoms with Crippen LogP contribution in [0.2, 0.25) is 0 Å². The normalized spacial score (nSPS) is 5.68. The molecule has 0 rings (SSSR count). The monoisotopic (exact) mass is 472 g/mol. The Morgan fingerprint density at radius 1 is 0.455 bits per heavy atom. The minimum Gasteiger partial charge on any atom is -0.550 e. The van der Waals surface area contributed by atoms with E-state index in [0.29, 0.717) is 0 Å². The molecule has 0 N–H and O–H groups in total. The molecule has 0 aliphatic heterocycles. The minimum absolute atomic E-state index is 0. The zero-order chi connectivity index (χ0) is 17.9. The van der Waals surface area contributed by atoms with E-state index in [1.54, 1.807) is 0 Å². The summed E-state index contributed by atoms with van der Waals surface area (Å²) >= 11 is 0. The van der Waals surface area contributed by atoms with Gasteiger partial charge in [0.1, 0.15) is 0 Å². The van der Waals surface area contributed by atoms with Gasteiger partial charge in [-0.1, -0.05) is 0 Å². The molecule has 0 saturated heterocycles. The third-order valence-corrected chi connectivity index (χ3v) is 0. The molecule has 10 nitrogen and oxygen atoms in total. The van der Waals surface area contributed by atoms with Crippen molar-refractivity contribution in [1.82, 2.24) is 0 Å². The van der Waals surface area contributed by atoms with Crippen LogP contribution in [0, 0.1) is 0 Å². The molecule has 0 aromatic carbocycles. The van der Waals surface area contributed by atoms with Gasteiger partial charge in [-0.2, -0.15) is 0 Å². The van der Waals surface area contributed by atoms with Crippen LogP contribution in [0.25, 0.3) is 0 Å². The first kappa shape index (κ1) is 43.1. The predicted octanol–water partition coefficient (Wildman–Crippen LogP) is -6.60. The van der Waals surface area contributed by atoms with Crippen molar-refractivity contribution >= 4 is 75.3 Å². The van der Waals surface area contributed by atoms with Crippen molar-refractivity contribution in [3.63, 3.8) is 0 Å². The van der Waals surface area contributed by atoms with Crippen molar-refractivity contribution in [2.45, 2.75) is 34.6 Å². The van der Waals surface area contributed by atoms with Crippen molar-refractivity contribution in [2.24, 2.45) is 0 Å². The summed E-state index contributed by atoms with van der Waals surface area (Å²) in [6, 6.07) is 0. The van der Waals surface area contributed by atoms with Gasteiger partial charge in [-0.25, -0.2) is 0 Å². The summed E-state index contributed by atoms with van der Waals surface area (Å²) in [5, 5.41) is 44.4. The van der Waals surface area contributed by atoms with Gasteiger partial charge in [-0.05, 0) is 34.6 Å². The molecule has 12 heteroatoms. The van der Waals surface area contributed by atoms with Gasteiger partial charge in [0.2, 0.25) is 0 Å². The predicted molar refractivity (Wildman–Crippen MR) is 59.2 cm³/mol. The van der Waals surface area contributed by atoms with Crippen LogP contribution in [0.3, 0.4) is 0 Å². The van der Waals surface area contributed by atoms with E-state index in [2.05, 4.69) is 0 Å². The number of aliphatic carboxylic acids is 5. The quantitative estimate of drug-likeness (QED) is 0.306. The van der Waals surface area contributed by atoms with E-state index in [9.17, 15) is 0 Å². The summed E-state index contributed by atoms with van der Waals surface area (Å²) < 4.78 is 0. The maximum atomic E-state index is 8.89. The number of carboxylic acids is 5. The number of carbonyl (C=O) groups excluding carboxylic acids is 5. The molecule has 0 aromatic heterocycles. The van der Waals surface area contributed by atoms with E-state index in [1.165, 1.54) is 0 Å². The van der Waals surface area contributed by atoms with Crippen LogP contribution < -0.4 is 25.5 Å². The molecule has 0 aromatic rings. The fourth-order valence-corrected chi connectivity index (χ4v) is 0. The Balaban J connectivity index is -0.0000000250. The van der Waals surface area contributed by atoms with Crippen molar-refractivity contribution in [3.05, 3.63) is 0 Å². The topological polar surface area (TPSA) is 201 Å². The SMILES string of the molecule is CC(=O)[O-].CC(=O)[O-].CC(=O)[O-].CC(=O)[O-].CC(=O)[O-].[Sr+2].[Y+3]. The second kappa shape index (κ2) is 37.3. The molecular weight excluding hydrogens is 457 g/mol. The molecule has 0 heterocycles. The third-order valence-electron chi connectivity index (χ3n) is 0. The average molecular weight is 472 g/mol. The molecule has 0 amide bonds. The Bertz CT molecular complexity index is 216. The Morgan fingerprint density at radius 2 is 0.455 bits per heavy atom. The Kier molecular flexibility index (Phi) is 73.1. The second-order valence-corrected chi connectivity index (χ2v) is 2.46. The van der Waals surface area contributed by atoms with Gasteiger partial charge in [0.25, 0.3) is 0 Å². The van der Waals surface area contributed by atoms with Gasteiger partial charge < -0.3 is 49.5 Å². The number of carboxylic acid groups (broad SMARTS) is 5. The van der Waals surface area contributed by atoms with Gasteiger partial charge in [0.15, 0.2) is 0 Å². The summed E-state index contributed by atoms with van der Waals surface area (Å²) in [6.45, 7) is 4.86. The van der Waals surface area contributed by atoms with Crippen LogP contribution in [-0.2, 0) is 56.7 Å². The van der Waals surface area contributed by atoms with E-state index in [1.807, 2.05) is 0 Å². The zero-order valence-electron chi connectivity index (χ0n) is 12.9. The summed E-state index contributed by atoms with van der Waals surface area (Å²) in [4.78, 5) is 44.4. The summed E-state index contributed by atoms with van der Waals surface area (Å²) in [5.74, 6) is -5.42. The molecule has 0 radical (unpaired) electrons. The molecule has 0 aliphatic rings. The van der Waals surface area contributed by atoms with Gasteiger partial charge in [0, 0.05) is 29.8 Å². The van der Waals surface area contributed by atoms with Crippen molar-refractivity contribution in [3.8, 4) is 0 Å².